The summed E-state index contributed by atoms with van der Waals surface area (Å²) in [5, 5.41) is 0. The van der Waals surface area contributed by atoms with Gasteiger partial charge in [0.15, 0.2) is 0 Å². The smallest absolute Gasteiger partial charge is 0.387 e. The Hall–Kier alpha value is -1.72. The van der Waals surface area contributed by atoms with E-state index in [1.807, 2.05) is 0 Å². The van der Waals surface area contributed by atoms with Crippen LogP contribution in [-0.4, -0.2) is 19.2 Å². The lowest BCUT2D eigenvalue weighted by Gasteiger charge is -2.09. The van der Waals surface area contributed by atoms with Crippen molar-refractivity contribution < 1.29 is 27.4 Å². The molecule has 0 aliphatic rings. The molecule has 0 amide bonds. The maximum Gasteiger partial charge on any atom is 0.387 e. The lowest BCUT2D eigenvalue weighted by atomic mass is 10.2. The summed E-state index contributed by atoms with van der Waals surface area (Å²) < 4.78 is 45.4. The summed E-state index contributed by atoms with van der Waals surface area (Å²) in [7, 11) is 0. The average molecular weight is 234 g/mol. The summed E-state index contributed by atoms with van der Waals surface area (Å²) >= 11 is 0. The van der Waals surface area contributed by atoms with Crippen molar-refractivity contribution in [3.8, 4) is 5.75 Å². The van der Waals surface area contributed by atoms with Crippen LogP contribution < -0.4 is 4.74 Å². The van der Waals surface area contributed by atoms with Crippen LogP contribution in [0.25, 0.3) is 0 Å². The van der Waals surface area contributed by atoms with Crippen LogP contribution in [0, 0.1) is 5.82 Å². The van der Waals surface area contributed by atoms with Crippen LogP contribution in [0.4, 0.5) is 13.2 Å². The van der Waals surface area contributed by atoms with Gasteiger partial charge in [0.25, 0.3) is 0 Å². The first-order valence-corrected chi connectivity index (χ1v) is 4.46. The number of carbonyl (C=O) groups is 1. The highest BCUT2D eigenvalue weighted by Gasteiger charge is 2.17. The fourth-order valence-electron chi connectivity index (χ4n) is 1.07. The minimum absolute atomic E-state index is 0.0876. The van der Waals surface area contributed by atoms with Gasteiger partial charge in [-0.05, 0) is 19.1 Å². The molecule has 0 bridgehead atoms. The summed E-state index contributed by atoms with van der Waals surface area (Å²) in [6, 6.07) is 2.70. The first-order chi connectivity index (χ1) is 7.54. The van der Waals surface area contributed by atoms with Crippen molar-refractivity contribution >= 4 is 5.97 Å². The molecule has 88 valence electrons. The fourth-order valence-corrected chi connectivity index (χ4v) is 1.07. The van der Waals surface area contributed by atoms with Crippen LogP contribution in [0.15, 0.2) is 18.2 Å². The van der Waals surface area contributed by atoms with E-state index in [4.69, 9.17) is 0 Å². The molecule has 0 saturated heterocycles. The van der Waals surface area contributed by atoms with Crippen molar-refractivity contribution in [2.45, 2.75) is 13.5 Å². The third-order valence-electron chi connectivity index (χ3n) is 1.66. The Bertz CT molecular complexity index is 380. The predicted octanol–water partition coefficient (Wildman–Crippen LogP) is 2.60. The van der Waals surface area contributed by atoms with Crippen LogP contribution in [0.2, 0.25) is 0 Å². The van der Waals surface area contributed by atoms with Gasteiger partial charge in [-0.25, -0.2) is 9.18 Å². The van der Waals surface area contributed by atoms with E-state index in [2.05, 4.69) is 9.47 Å². The number of hydrogen-bond acceptors (Lipinski definition) is 3. The molecule has 6 heteroatoms. The molecule has 3 nitrogen and oxygen atoms in total. The molecular formula is C10H9F3O3. The molecule has 0 unspecified atom stereocenters. The number of rotatable bonds is 4. The molecule has 0 atom stereocenters. The van der Waals surface area contributed by atoms with Crippen LogP contribution in [-0.2, 0) is 4.74 Å². The van der Waals surface area contributed by atoms with Crippen LogP contribution >= 0.6 is 0 Å². The molecule has 0 aliphatic heterocycles. The van der Waals surface area contributed by atoms with Crippen molar-refractivity contribution in [2.75, 3.05) is 6.61 Å². The Morgan fingerprint density at radius 1 is 1.44 bits per heavy atom. The lowest BCUT2D eigenvalue weighted by molar-refractivity contribution is -0.0506. The average Bonchev–Trinajstić information content (AvgIpc) is 2.16. The molecule has 0 saturated carbocycles. The fraction of sp³-hybridized carbons (Fsp3) is 0.300. The minimum atomic E-state index is -3.13. The van der Waals surface area contributed by atoms with E-state index < -0.39 is 24.1 Å². The summed E-state index contributed by atoms with van der Waals surface area (Å²) in [6.07, 6.45) is 0. The Morgan fingerprint density at radius 2 is 2.12 bits per heavy atom. The zero-order valence-corrected chi connectivity index (χ0v) is 8.38. The van der Waals surface area contributed by atoms with Gasteiger partial charge in [0.2, 0.25) is 0 Å². The third kappa shape index (κ3) is 3.15. The number of hydrogen-bond donors (Lipinski definition) is 0. The van der Waals surface area contributed by atoms with E-state index in [9.17, 15) is 18.0 Å². The number of alkyl halides is 2. The normalized spacial score (nSPS) is 10.3. The van der Waals surface area contributed by atoms with Gasteiger partial charge in [-0.15, -0.1) is 0 Å². The van der Waals surface area contributed by atoms with Crippen molar-refractivity contribution in [1.82, 2.24) is 0 Å². The molecule has 16 heavy (non-hydrogen) atoms. The van der Waals surface area contributed by atoms with Gasteiger partial charge < -0.3 is 9.47 Å². The molecule has 1 aromatic carbocycles. The van der Waals surface area contributed by atoms with Crippen molar-refractivity contribution in [2.24, 2.45) is 0 Å². The summed E-state index contributed by atoms with van der Waals surface area (Å²) in [6.45, 7) is -1.48. The first kappa shape index (κ1) is 12.4. The molecule has 0 aromatic heterocycles. The van der Waals surface area contributed by atoms with E-state index in [-0.39, 0.29) is 12.2 Å². The second kappa shape index (κ2) is 5.39. The Morgan fingerprint density at radius 3 is 2.69 bits per heavy atom. The SMILES string of the molecule is CCOC(=O)c1ccc(F)cc1OC(F)F. The monoisotopic (exact) mass is 234 g/mol. The summed E-state index contributed by atoms with van der Waals surface area (Å²) in [4.78, 5) is 11.3. The van der Waals surface area contributed by atoms with E-state index >= 15 is 0 Å². The zero-order chi connectivity index (χ0) is 12.1. The zero-order valence-electron chi connectivity index (χ0n) is 8.38. The number of carbonyl (C=O) groups excluding carboxylic acids is 1. The molecule has 0 aliphatic carbocycles. The van der Waals surface area contributed by atoms with Crippen LogP contribution in [0.5, 0.6) is 5.75 Å². The second-order valence-electron chi connectivity index (χ2n) is 2.74. The molecule has 0 N–H and O–H groups in total. The maximum absolute atomic E-state index is 12.8. The summed E-state index contributed by atoms with van der Waals surface area (Å²) in [5.41, 5.74) is -0.233. The predicted molar refractivity (Wildman–Crippen MR) is 49.0 cm³/mol. The third-order valence-corrected chi connectivity index (χ3v) is 1.66. The van der Waals surface area contributed by atoms with Crippen LogP contribution in [0.3, 0.4) is 0 Å². The lowest BCUT2D eigenvalue weighted by Crippen LogP contribution is -2.10. The topological polar surface area (TPSA) is 35.5 Å². The first-order valence-electron chi connectivity index (χ1n) is 4.46. The highest BCUT2D eigenvalue weighted by atomic mass is 19.3. The Balaban J connectivity index is 3.02. The molecular weight excluding hydrogens is 225 g/mol. The van der Waals surface area contributed by atoms with Gasteiger partial charge in [0.05, 0.1) is 6.61 Å². The van der Waals surface area contributed by atoms with Gasteiger partial charge in [-0.1, -0.05) is 0 Å². The van der Waals surface area contributed by atoms with Gasteiger partial charge in [0.1, 0.15) is 17.1 Å². The molecule has 1 aromatic rings. The molecule has 0 fully saturated rings. The Labute approximate surface area is 89.8 Å². The van der Waals surface area contributed by atoms with Gasteiger partial charge >= 0.3 is 12.6 Å². The quantitative estimate of drug-likeness (QED) is 0.751. The van der Waals surface area contributed by atoms with Crippen molar-refractivity contribution in [3.05, 3.63) is 29.6 Å². The number of esters is 1. The van der Waals surface area contributed by atoms with Crippen LogP contribution in [0.1, 0.15) is 17.3 Å². The molecule has 0 spiro atoms. The van der Waals surface area contributed by atoms with E-state index in [1.165, 1.54) is 0 Å². The van der Waals surface area contributed by atoms with Gasteiger partial charge in [-0.2, -0.15) is 8.78 Å². The standard InChI is InChI=1S/C10H9F3O3/c1-2-15-9(14)7-4-3-6(11)5-8(7)16-10(12)13/h3-5,10H,2H2,1H3. The highest BCUT2D eigenvalue weighted by molar-refractivity contribution is 5.92. The van der Waals surface area contributed by atoms with Crippen molar-refractivity contribution in [3.63, 3.8) is 0 Å². The van der Waals surface area contributed by atoms with Gasteiger partial charge in [-0.3, -0.25) is 0 Å². The van der Waals surface area contributed by atoms with Gasteiger partial charge in [0, 0.05) is 6.07 Å². The molecule has 0 heterocycles. The van der Waals surface area contributed by atoms with E-state index in [0.29, 0.717) is 6.07 Å². The Kier molecular flexibility index (Phi) is 4.16. The minimum Gasteiger partial charge on any atom is -0.462 e. The molecule has 0 radical (unpaired) electrons. The number of halogens is 3. The largest absolute Gasteiger partial charge is 0.462 e. The highest BCUT2D eigenvalue weighted by Crippen LogP contribution is 2.22. The summed E-state index contributed by atoms with van der Waals surface area (Å²) in [5.74, 6) is -2.14. The number of benzene rings is 1. The second-order valence-corrected chi connectivity index (χ2v) is 2.74. The number of ether oxygens (including phenoxy) is 2. The van der Waals surface area contributed by atoms with Crippen molar-refractivity contribution in [1.29, 1.82) is 0 Å². The maximum atomic E-state index is 12.8. The molecule has 1 rings (SSSR count). The van der Waals surface area contributed by atoms with E-state index in [0.717, 1.165) is 12.1 Å². The van der Waals surface area contributed by atoms with E-state index in [1.54, 1.807) is 6.92 Å².